The average Bonchev–Trinajstić information content (AvgIpc) is 2.36. The summed E-state index contributed by atoms with van der Waals surface area (Å²) in [6, 6.07) is 2.13. The summed E-state index contributed by atoms with van der Waals surface area (Å²) >= 11 is 0. The van der Waals surface area contributed by atoms with Gasteiger partial charge in [-0.05, 0) is 56.7 Å². The van der Waals surface area contributed by atoms with Crippen molar-refractivity contribution in [3.8, 4) is 5.88 Å². The van der Waals surface area contributed by atoms with E-state index in [1.54, 1.807) is 0 Å². The van der Waals surface area contributed by atoms with Crippen LogP contribution >= 0.6 is 0 Å². The van der Waals surface area contributed by atoms with Gasteiger partial charge >= 0.3 is 0 Å². The molecule has 1 heterocycles. The van der Waals surface area contributed by atoms with Crippen LogP contribution in [0, 0.1) is 25.7 Å². The number of aromatic nitrogens is 1. The van der Waals surface area contributed by atoms with Gasteiger partial charge in [-0.15, -0.1) is 0 Å². The molecule has 0 radical (unpaired) electrons. The Labute approximate surface area is 130 Å². The van der Waals surface area contributed by atoms with Crippen LogP contribution in [-0.2, 0) is 6.54 Å². The first-order chi connectivity index (χ1) is 9.90. The second kappa shape index (κ2) is 9.04. The van der Waals surface area contributed by atoms with Gasteiger partial charge in [0.1, 0.15) is 0 Å². The molecule has 0 spiro atoms. The lowest BCUT2D eigenvalue weighted by Gasteiger charge is -2.15. The van der Waals surface area contributed by atoms with Crippen LogP contribution in [0.4, 0.5) is 0 Å². The smallest absolute Gasteiger partial charge is 0.218 e. The Morgan fingerprint density at radius 3 is 2.48 bits per heavy atom. The minimum absolute atomic E-state index is 0.652. The summed E-state index contributed by atoms with van der Waals surface area (Å²) in [5.41, 5.74) is 3.49. The van der Waals surface area contributed by atoms with E-state index in [1.807, 2.05) is 6.92 Å². The molecule has 0 saturated heterocycles. The van der Waals surface area contributed by atoms with Crippen LogP contribution in [0.3, 0.4) is 0 Å². The van der Waals surface area contributed by atoms with Crippen LogP contribution in [0.5, 0.6) is 5.88 Å². The highest BCUT2D eigenvalue weighted by molar-refractivity contribution is 5.35. The third-order valence-corrected chi connectivity index (χ3v) is 3.46. The number of nitrogens with zero attached hydrogens (tertiary/aromatic N) is 1. The van der Waals surface area contributed by atoms with Crippen LogP contribution in [0.25, 0.3) is 0 Å². The zero-order valence-electron chi connectivity index (χ0n) is 14.6. The Hall–Kier alpha value is -1.09. The highest BCUT2D eigenvalue weighted by Gasteiger charge is 2.10. The summed E-state index contributed by atoms with van der Waals surface area (Å²) in [4.78, 5) is 4.59. The summed E-state index contributed by atoms with van der Waals surface area (Å²) < 4.78 is 5.96. The molecule has 0 aliphatic heterocycles. The monoisotopic (exact) mass is 292 g/mol. The predicted molar refractivity (Wildman–Crippen MR) is 89.8 cm³/mol. The molecular formula is C18H32N2O. The number of nitrogens with one attached hydrogen (secondary N) is 1. The molecule has 1 aromatic heterocycles. The van der Waals surface area contributed by atoms with Crippen molar-refractivity contribution < 1.29 is 4.74 Å². The molecule has 0 bridgehead atoms. The number of hydrogen-bond donors (Lipinski definition) is 1. The van der Waals surface area contributed by atoms with E-state index in [0.29, 0.717) is 5.92 Å². The maximum absolute atomic E-state index is 5.96. The van der Waals surface area contributed by atoms with Gasteiger partial charge in [-0.2, -0.15) is 0 Å². The van der Waals surface area contributed by atoms with Crippen molar-refractivity contribution in [3.05, 3.63) is 22.9 Å². The molecule has 0 saturated carbocycles. The second-order valence-electron chi connectivity index (χ2n) is 6.77. The Morgan fingerprint density at radius 2 is 1.86 bits per heavy atom. The molecule has 0 unspecified atom stereocenters. The summed E-state index contributed by atoms with van der Waals surface area (Å²) in [5, 5.41) is 3.49. The zero-order valence-corrected chi connectivity index (χ0v) is 14.6. The quantitative estimate of drug-likeness (QED) is 0.691. The van der Waals surface area contributed by atoms with E-state index in [-0.39, 0.29) is 0 Å². The first kappa shape index (κ1) is 18.0. The predicted octanol–water partition coefficient (Wildman–Crippen LogP) is 4.26. The summed E-state index contributed by atoms with van der Waals surface area (Å²) in [6.45, 7) is 15.7. The average molecular weight is 292 g/mol. The standard InChI is InChI=1S/C18H32N2O/c1-13(2)8-7-9-21-18-17(12-19-11-14(3)4)15(5)10-16(6)20-18/h10,13-14,19H,7-9,11-12H2,1-6H3. The van der Waals surface area contributed by atoms with Gasteiger partial charge in [0.15, 0.2) is 0 Å². The number of rotatable bonds is 9. The van der Waals surface area contributed by atoms with Gasteiger partial charge in [-0.3, -0.25) is 0 Å². The van der Waals surface area contributed by atoms with Gasteiger partial charge in [0, 0.05) is 17.8 Å². The molecule has 3 nitrogen and oxygen atoms in total. The molecule has 1 aromatic rings. The lowest BCUT2D eigenvalue weighted by atomic mass is 10.1. The maximum atomic E-state index is 5.96. The fourth-order valence-electron chi connectivity index (χ4n) is 2.31. The fourth-order valence-corrected chi connectivity index (χ4v) is 2.31. The van der Waals surface area contributed by atoms with E-state index in [2.05, 4.69) is 51.0 Å². The molecule has 3 heteroatoms. The zero-order chi connectivity index (χ0) is 15.8. The van der Waals surface area contributed by atoms with Gasteiger partial charge in [-0.25, -0.2) is 4.98 Å². The van der Waals surface area contributed by atoms with E-state index in [0.717, 1.165) is 43.6 Å². The maximum Gasteiger partial charge on any atom is 0.218 e. The van der Waals surface area contributed by atoms with Crippen molar-refractivity contribution in [2.24, 2.45) is 11.8 Å². The van der Waals surface area contributed by atoms with Crippen molar-refractivity contribution in [1.82, 2.24) is 10.3 Å². The third kappa shape index (κ3) is 6.94. The van der Waals surface area contributed by atoms with Crippen LogP contribution in [0.15, 0.2) is 6.07 Å². The van der Waals surface area contributed by atoms with Gasteiger partial charge < -0.3 is 10.1 Å². The number of pyridine rings is 1. The van der Waals surface area contributed by atoms with Crippen LogP contribution in [0.1, 0.15) is 57.4 Å². The molecule has 1 N–H and O–H groups in total. The van der Waals surface area contributed by atoms with Crippen molar-refractivity contribution in [3.63, 3.8) is 0 Å². The number of ether oxygens (including phenoxy) is 1. The third-order valence-electron chi connectivity index (χ3n) is 3.46. The highest BCUT2D eigenvalue weighted by Crippen LogP contribution is 2.21. The van der Waals surface area contributed by atoms with E-state index in [1.165, 1.54) is 17.5 Å². The molecule has 0 atom stereocenters. The van der Waals surface area contributed by atoms with Crippen LogP contribution in [0.2, 0.25) is 0 Å². The summed E-state index contributed by atoms with van der Waals surface area (Å²) in [5.74, 6) is 2.19. The Bertz CT molecular complexity index is 427. The van der Waals surface area contributed by atoms with Crippen molar-refractivity contribution in [2.75, 3.05) is 13.2 Å². The molecule has 0 amide bonds. The Balaban J connectivity index is 2.66. The molecule has 1 rings (SSSR count). The summed E-state index contributed by atoms with van der Waals surface area (Å²) in [7, 11) is 0. The van der Waals surface area contributed by atoms with E-state index >= 15 is 0 Å². The largest absolute Gasteiger partial charge is 0.477 e. The van der Waals surface area contributed by atoms with Gasteiger partial charge in [0.2, 0.25) is 5.88 Å². The fraction of sp³-hybridized carbons (Fsp3) is 0.722. The van der Waals surface area contributed by atoms with Crippen molar-refractivity contribution in [2.45, 2.75) is 60.9 Å². The minimum atomic E-state index is 0.652. The normalized spacial score (nSPS) is 11.4. The lowest BCUT2D eigenvalue weighted by Crippen LogP contribution is -2.20. The van der Waals surface area contributed by atoms with E-state index in [4.69, 9.17) is 4.74 Å². The molecule has 0 aliphatic carbocycles. The topological polar surface area (TPSA) is 34.1 Å². The molecule has 0 fully saturated rings. The lowest BCUT2D eigenvalue weighted by molar-refractivity contribution is 0.282. The first-order valence-corrected chi connectivity index (χ1v) is 8.20. The SMILES string of the molecule is Cc1cc(C)c(CNCC(C)C)c(OCCCC(C)C)n1. The van der Waals surface area contributed by atoms with Gasteiger partial charge in [-0.1, -0.05) is 27.7 Å². The molecule has 0 aromatic carbocycles. The second-order valence-corrected chi connectivity index (χ2v) is 6.77. The molecular weight excluding hydrogens is 260 g/mol. The molecule has 21 heavy (non-hydrogen) atoms. The number of aryl methyl sites for hydroxylation is 2. The van der Waals surface area contributed by atoms with Gasteiger partial charge in [0.05, 0.1) is 6.61 Å². The van der Waals surface area contributed by atoms with Crippen molar-refractivity contribution >= 4 is 0 Å². The first-order valence-electron chi connectivity index (χ1n) is 8.20. The molecule has 120 valence electrons. The van der Waals surface area contributed by atoms with E-state index < -0.39 is 0 Å². The van der Waals surface area contributed by atoms with Gasteiger partial charge in [0.25, 0.3) is 0 Å². The molecule has 0 aliphatic rings. The Morgan fingerprint density at radius 1 is 1.14 bits per heavy atom. The van der Waals surface area contributed by atoms with E-state index in [9.17, 15) is 0 Å². The van der Waals surface area contributed by atoms with Crippen molar-refractivity contribution in [1.29, 1.82) is 0 Å². The highest BCUT2D eigenvalue weighted by atomic mass is 16.5. The van der Waals surface area contributed by atoms with Crippen LogP contribution < -0.4 is 10.1 Å². The summed E-state index contributed by atoms with van der Waals surface area (Å²) in [6.07, 6.45) is 2.29. The minimum Gasteiger partial charge on any atom is -0.477 e. The Kier molecular flexibility index (Phi) is 7.73. The number of hydrogen-bond acceptors (Lipinski definition) is 3. The van der Waals surface area contributed by atoms with Crippen LogP contribution in [-0.4, -0.2) is 18.1 Å².